The molecule has 0 aliphatic carbocycles. The van der Waals surface area contributed by atoms with Crippen molar-refractivity contribution in [2.24, 2.45) is 0 Å². The Morgan fingerprint density at radius 1 is 1.37 bits per heavy atom. The number of aromatic nitrogens is 2. The van der Waals surface area contributed by atoms with Crippen LogP contribution in [0.5, 0.6) is 5.75 Å². The van der Waals surface area contributed by atoms with E-state index >= 15 is 0 Å². The number of carboxylic acids is 1. The van der Waals surface area contributed by atoms with Crippen LogP contribution in [-0.4, -0.2) is 26.7 Å². The van der Waals surface area contributed by atoms with Crippen molar-refractivity contribution < 1.29 is 14.6 Å². The Morgan fingerprint density at radius 2 is 2.05 bits per heavy atom. The number of hydrogen-bond acceptors (Lipinski definition) is 3. The van der Waals surface area contributed by atoms with Gasteiger partial charge in [0, 0.05) is 11.8 Å². The number of ether oxygens (including phenoxy) is 1. The summed E-state index contributed by atoms with van der Waals surface area (Å²) < 4.78 is 7.10. The fourth-order valence-corrected chi connectivity index (χ4v) is 1.73. The zero-order valence-electron chi connectivity index (χ0n) is 10.9. The second-order valence-electron chi connectivity index (χ2n) is 4.52. The standard InChI is InChI=1S/C14H16N2O3/c1-10(2)19-12-5-3-11(4-6-12)13-7-16(9-15-13)8-14(17)18/h3-7,9-10H,8H2,1-2H3,(H,17,18). The molecule has 1 aromatic heterocycles. The molecule has 0 saturated heterocycles. The van der Waals surface area contributed by atoms with E-state index in [4.69, 9.17) is 9.84 Å². The monoisotopic (exact) mass is 260 g/mol. The molecule has 0 atom stereocenters. The highest BCUT2D eigenvalue weighted by atomic mass is 16.5. The van der Waals surface area contributed by atoms with Gasteiger partial charge in [-0.25, -0.2) is 4.98 Å². The maximum absolute atomic E-state index is 10.6. The number of hydrogen-bond donors (Lipinski definition) is 1. The van der Waals surface area contributed by atoms with E-state index in [1.165, 1.54) is 10.9 Å². The zero-order valence-corrected chi connectivity index (χ0v) is 10.9. The van der Waals surface area contributed by atoms with Crippen LogP contribution in [0.2, 0.25) is 0 Å². The lowest BCUT2D eigenvalue weighted by Gasteiger charge is -2.09. The Hall–Kier alpha value is -2.30. The van der Waals surface area contributed by atoms with E-state index in [1.807, 2.05) is 38.1 Å². The van der Waals surface area contributed by atoms with Gasteiger partial charge in [0.05, 0.1) is 18.1 Å². The summed E-state index contributed by atoms with van der Waals surface area (Å²) >= 11 is 0. The normalized spacial score (nSPS) is 10.7. The fourth-order valence-electron chi connectivity index (χ4n) is 1.73. The van der Waals surface area contributed by atoms with Gasteiger partial charge in [-0.3, -0.25) is 4.79 Å². The summed E-state index contributed by atoms with van der Waals surface area (Å²) in [6, 6.07) is 7.58. The maximum Gasteiger partial charge on any atom is 0.323 e. The first-order valence-electron chi connectivity index (χ1n) is 6.05. The van der Waals surface area contributed by atoms with E-state index in [1.54, 1.807) is 6.20 Å². The third-order valence-corrected chi connectivity index (χ3v) is 2.47. The van der Waals surface area contributed by atoms with Crippen molar-refractivity contribution >= 4 is 5.97 Å². The number of carbonyl (C=O) groups is 1. The summed E-state index contributed by atoms with van der Waals surface area (Å²) in [5.41, 5.74) is 1.68. The predicted octanol–water partition coefficient (Wildman–Crippen LogP) is 2.42. The van der Waals surface area contributed by atoms with Gasteiger partial charge in [-0.2, -0.15) is 0 Å². The highest BCUT2D eigenvalue weighted by Gasteiger charge is 2.05. The van der Waals surface area contributed by atoms with Crippen molar-refractivity contribution in [2.75, 3.05) is 0 Å². The molecule has 0 aliphatic heterocycles. The minimum atomic E-state index is -0.885. The number of aliphatic carboxylic acids is 1. The first kappa shape index (κ1) is 13.1. The molecule has 2 rings (SSSR count). The fraction of sp³-hybridized carbons (Fsp3) is 0.286. The van der Waals surface area contributed by atoms with Crippen LogP contribution in [0, 0.1) is 0 Å². The highest BCUT2D eigenvalue weighted by Crippen LogP contribution is 2.21. The summed E-state index contributed by atoms with van der Waals surface area (Å²) in [4.78, 5) is 14.8. The zero-order chi connectivity index (χ0) is 13.8. The Kier molecular flexibility index (Phi) is 3.85. The molecule has 2 aromatic rings. The number of nitrogens with zero attached hydrogens (tertiary/aromatic N) is 2. The molecule has 0 bridgehead atoms. The first-order valence-corrected chi connectivity index (χ1v) is 6.05. The smallest absolute Gasteiger partial charge is 0.323 e. The molecule has 0 spiro atoms. The van der Waals surface area contributed by atoms with Crippen LogP contribution in [-0.2, 0) is 11.3 Å². The van der Waals surface area contributed by atoms with Crippen LogP contribution in [0.4, 0.5) is 0 Å². The van der Waals surface area contributed by atoms with Crippen LogP contribution in [0.3, 0.4) is 0 Å². The lowest BCUT2D eigenvalue weighted by Crippen LogP contribution is -2.06. The van der Waals surface area contributed by atoms with Gasteiger partial charge >= 0.3 is 5.97 Å². The Balaban J connectivity index is 2.13. The van der Waals surface area contributed by atoms with Gasteiger partial charge < -0.3 is 14.4 Å². The average molecular weight is 260 g/mol. The van der Waals surface area contributed by atoms with Gasteiger partial charge in [0.1, 0.15) is 12.3 Å². The van der Waals surface area contributed by atoms with Gasteiger partial charge in [-0.05, 0) is 38.1 Å². The molecule has 5 heteroatoms. The van der Waals surface area contributed by atoms with Crippen LogP contribution in [0.1, 0.15) is 13.8 Å². The van der Waals surface area contributed by atoms with Crippen molar-refractivity contribution in [1.82, 2.24) is 9.55 Å². The maximum atomic E-state index is 10.6. The average Bonchev–Trinajstić information content (AvgIpc) is 2.76. The number of imidazole rings is 1. The van der Waals surface area contributed by atoms with Crippen molar-refractivity contribution in [2.45, 2.75) is 26.5 Å². The molecule has 5 nitrogen and oxygen atoms in total. The van der Waals surface area contributed by atoms with Crippen LogP contribution >= 0.6 is 0 Å². The largest absolute Gasteiger partial charge is 0.491 e. The third-order valence-electron chi connectivity index (χ3n) is 2.47. The Bertz CT molecular complexity index is 558. The summed E-state index contributed by atoms with van der Waals surface area (Å²) in [6.07, 6.45) is 3.37. The molecule has 0 saturated carbocycles. The van der Waals surface area contributed by atoms with Gasteiger partial charge in [0.2, 0.25) is 0 Å². The van der Waals surface area contributed by atoms with Gasteiger partial charge in [0.15, 0.2) is 0 Å². The molecule has 1 N–H and O–H groups in total. The molecule has 0 radical (unpaired) electrons. The third kappa shape index (κ3) is 3.58. The van der Waals surface area contributed by atoms with E-state index in [2.05, 4.69) is 4.98 Å². The molecule has 1 aromatic carbocycles. The van der Waals surface area contributed by atoms with Crippen LogP contribution in [0.15, 0.2) is 36.8 Å². The van der Waals surface area contributed by atoms with Crippen molar-refractivity contribution in [3.8, 4) is 17.0 Å². The predicted molar refractivity (Wildman–Crippen MR) is 71.1 cm³/mol. The van der Waals surface area contributed by atoms with E-state index in [0.29, 0.717) is 0 Å². The van der Waals surface area contributed by atoms with Gasteiger partial charge in [-0.15, -0.1) is 0 Å². The van der Waals surface area contributed by atoms with Crippen molar-refractivity contribution in [3.63, 3.8) is 0 Å². The van der Waals surface area contributed by atoms with E-state index in [-0.39, 0.29) is 12.6 Å². The lowest BCUT2D eigenvalue weighted by atomic mass is 10.1. The topological polar surface area (TPSA) is 64.3 Å². The van der Waals surface area contributed by atoms with E-state index < -0.39 is 5.97 Å². The molecule has 0 unspecified atom stereocenters. The van der Waals surface area contributed by atoms with Gasteiger partial charge in [0.25, 0.3) is 0 Å². The summed E-state index contributed by atoms with van der Waals surface area (Å²) in [5.74, 6) is -0.0756. The molecule has 0 amide bonds. The first-order chi connectivity index (χ1) is 9.04. The number of benzene rings is 1. The Morgan fingerprint density at radius 3 is 2.63 bits per heavy atom. The molecule has 0 aliphatic rings. The Labute approximate surface area is 111 Å². The number of carboxylic acid groups (broad SMARTS) is 1. The molecule has 1 heterocycles. The molecule has 100 valence electrons. The van der Waals surface area contributed by atoms with Crippen LogP contribution < -0.4 is 4.74 Å². The van der Waals surface area contributed by atoms with Gasteiger partial charge in [-0.1, -0.05) is 0 Å². The highest BCUT2D eigenvalue weighted by molar-refractivity contribution is 5.67. The second-order valence-corrected chi connectivity index (χ2v) is 4.52. The SMILES string of the molecule is CC(C)Oc1ccc(-c2cn(CC(=O)O)cn2)cc1. The van der Waals surface area contributed by atoms with Crippen molar-refractivity contribution in [1.29, 1.82) is 0 Å². The van der Waals surface area contributed by atoms with Crippen molar-refractivity contribution in [3.05, 3.63) is 36.8 Å². The molecule has 0 fully saturated rings. The molecule has 19 heavy (non-hydrogen) atoms. The minimum Gasteiger partial charge on any atom is -0.491 e. The summed E-state index contributed by atoms with van der Waals surface area (Å²) in [5, 5.41) is 8.70. The van der Waals surface area contributed by atoms with E-state index in [0.717, 1.165) is 17.0 Å². The molecular weight excluding hydrogens is 244 g/mol. The van der Waals surface area contributed by atoms with Crippen LogP contribution in [0.25, 0.3) is 11.3 Å². The molecular formula is C14H16N2O3. The lowest BCUT2D eigenvalue weighted by molar-refractivity contribution is -0.137. The summed E-state index contributed by atoms with van der Waals surface area (Å²) in [6.45, 7) is 3.87. The summed E-state index contributed by atoms with van der Waals surface area (Å²) in [7, 11) is 0. The second kappa shape index (κ2) is 5.56. The quantitative estimate of drug-likeness (QED) is 0.896. The minimum absolute atomic E-state index is 0.0818. The van der Waals surface area contributed by atoms with E-state index in [9.17, 15) is 4.79 Å². The number of rotatable bonds is 5.